The van der Waals surface area contributed by atoms with Crippen LogP contribution in [-0.4, -0.2) is 15.7 Å². The number of amides is 1. The highest BCUT2D eigenvalue weighted by molar-refractivity contribution is 5.91. The standard InChI is InChI=1S/C18H16FN3O/c19-16-8-4-7-15(9-16)12-22-13-17(11-20-22)21-18(23)10-14-5-2-1-3-6-14/h1-9,11,13H,10,12H2,(H,21,23). The summed E-state index contributed by atoms with van der Waals surface area (Å²) in [7, 11) is 0. The Morgan fingerprint density at radius 1 is 1.09 bits per heavy atom. The molecule has 0 atom stereocenters. The summed E-state index contributed by atoms with van der Waals surface area (Å²) in [4.78, 5) is 12.0. The lowest BCUT2D eigenvalue weighted by Gasteiger charge is -2.03. The Bertz CT molecular complexity index is 799. The van der Waals surface area contributed by atoms with Crippen LogP contribution >= 0.6 is 0 Å². The van der Waals surface area contributed by atoms with Gasteiger partial charge in [0.25, 0.3) is 0 Å². The van der Waals surface area contributed by atoms with Gasteiger partial charge in [0.2, 0.25) is 5.91 Å². The minimum Gasteiger partial charge on any atom is -0.323 e. The molecule has 0 saturated carbocycles. The highest BCUT2D eigenvalue weighted by Crippen LogP contribution is 2.10. The molecule has 0 spiro atoms. The first-order chi connectivity index (χ1) is 11.2. The van der Waals surface area contributed by atoms with E-state index in [0.29, 0.717) is 18.7 Å². The van der Waals surface area contributed by atoms with Crippen molar-refractivity contribution in [3.63, 3.8) is 0 Å². The Labute approximate surface area is 133 Å². The lowest BCUT2D eigenvalue weighted by Crippen LogP contribution is -2.13. The molecule has 1 aromatic heterocycles. The molecule has 0 saturated heterocycles. The molecule has 0 radical (unpaired) electrons. The molecule has 1 amide bonds. The van der Waals surface area contributed by atoms with Crippen LogP contribution in [0.4, 0.5) is 10.1 Å². The number of nitrogens with one attached hydrogen (secondary N) is 1. The van der Waals surface area contributed by atoms with E-state index in [1.54, 1.807) is 23.1 Å². The van der Waals surface area contributed by atoms with Gasteiger partial charge in [0.15, 0.2) is 0 Å². The number of rotatable bonds is 5. The Morgan fingerprint density at radius 2 is 1.87 bits per heavy atom. The summed E-state index contributed by atoms with van der Waals surface area (Å²) in [6, 6.07) is 15.9. The maximum absolute atomic E-state index is 13.2. The van der Waals surface area contributed by atoms with Crippen LogP contribution in [0.2, 0.25) is 0 Å². The van der Waals surface area contributed by atoms with Crippen molar-refractivity contribution >= 4 is 11.6 Å². The summed E-state index contributed by atoms with van der Waals surface area (Å²) >= 11 is 0. The van der Waals surface area contributed by atoms with Crippen molar-refractivity contribution in [2.24, 2.45) is 0 Å². The lowest BCUT2D eigenvalue weighted by molar-refractivity contribution is -0.115. The van der Waals surface area contributed by atoms with E-state index in [1.165, 1.54) is 12.1 Å². The molecule has 5 heteroatoms. The van der Waals surface area contributed by atoms with Crippen LogP contribution in [0.15, 0.2) is 67.0 Å². The molecule has 23 heavy (non-hydrogen) atoms. The Morgan fingerprint density at radius 3 is 2.65 bits per heavy atom. The topological polar surface area (TPSA) is 46.9 Å². The van der Waals surface area contributed by atoms with E-state index < -0.39 is 0 Å². The van der Waals surface area contributed by atoms with Gasteiger partial charge in [-0.2, -0.15) is 5.10 Å². The third-order valence-corrected chi connectivity index (χ3v) is 3.36. The van der Waals surface area contributed by atoms with E-state index in [2.05, 4.69) is 10.4 Å². The molecule has 4 nitrogen and oxygen atoms in total. The second-order valence-corrected chi connectivity index (χ2v) is 5.27. The number of nitrogens with zero attached hydrogens (tertiary/aromatic N) is 2. The fourth-order valence-electron chi connectivity index (χ4n) is 2.32. The zero-order chi connectivity index (χ0) is 16.1. The quantitative estimate of drug-likeness (QED) is 0.786. The first-order valence-electron chi connectivity index (χ1n) is 7.30. The van der Waals surface area contributed by atoms with Gasteiger partial charge in [-0.1, -0.05) is 42.5 Å². The summed E-state index contributed by atoms with van der Waals surface area (Å²) in [5.41, 5.74) is 2.40. The van der Waals surface area contributed by atoms with Gasteiger partial charge in [-0.05, 0) is 23.3 Å². The van der Waals surface area contributed by atoms with Crippen LogP contribution in [0.25, 0.3) is 0 Å². The zero-order valence-electron chi connectivity index (χ0n) is 12.4. The molecule has 0 aliphatic carbocycles. The highest BCUT2D eigenvalue weighted by atomic mass is 19.1. The van der Waals surface area contributed by atoms with Crippen molar-refractivity contribution < 1.29 is 9.18 Å². The third-order valence-electron chi connectivity index (χ3n) is 3.36. The van der Waals surface area contributed by atoms with E-state index >= 15 is 0 Å². The van der Waals surface area contributed by atoms with Gasteiger partial charge in [0.05, 0.1) is 24.8 Å². The Kier molecular flexibility index (Phi) is 4.47. The normalized spacial score (nSPS) is 10.5. The first-order valence-corrected chi connectivity index (χ1v) is 7.30. The van der Waals surface area contributed by atoms with Crippen molar-refractivity contribution in [2.75, 3.05) is 5.32 Å². The second-order valence-electron chi connectivity index (χ2n) is 5.27. The predicted molar refractivity (Wildman–Crippen MR) is 86.5 cm³/mol. The molecule has 3 aromatic rings. The molecule has 0 aliphatic heterocycles. The molecule has 1 heterocycles. The number of carbonyl (C=O) groups is 1. The second kappa shape index (κ2) is 6.87. The highest BCUT2D eigenvalue weighted by Gasteiger charge is 2.06. The SMILES string of the molecule is O=C(Cc1ccccc1)Nc1cnn(Cc2cccc(F)c2)c1. The summed E-state index contributed by atoms with van der Waals surface area (Å²) < 4.78 is 14.8. The molecule has 0 fully saturated rings. The number of hydrogen-bond donors (Lipinski definition) is 1. The molecule has 3 rings (SSSR count). The van der Waals surface area contributed by atoms with Crippen molar-refractivity contribution in [1.82, 2.24) is 9.78 Å². The zero-order valence-corrected chi connectivity index (χ0v) is 12.4. The molecule has 0 unspecified atom stereocenters. The summed E-state index contributed by atoms with van der Waals surface area (Å²) in [6.45, 7) is 0.451. The number of aromatic nitrogens is 2. The Balaban J connectivity index is 1.60. The largest absolute Gasteiger partial charge is 0.323 e. The smallest absolute Gasteiger partial charge is 0.228 e. The van der Waals surface area contributed by atoms with Crippen molar-refractivity contribution in [3.8, 4) is 0 Å². The minimum absolute atomic E-state index is 0.0958. The van der Waals surface area contributed by atoms with E-state index in [0.717, 1.165) is 11.1 Å². The molecule has 0 aliphatic rings. The molecule has 2 aromatic carbocycles. The van der Waals surface area contributed by atoms with Crippen LogP contribution < -0.4 is 5.32 Å². The van der Waals surface area contributed by atoms with Gasteiger partial charge in [0.1, 0.15) is 5.82 Å². The molecular weight excluding hydrogens is 293 g/mol. The first kappa shape index (κ1) is 15.0. The third kappa shape index (κ3) is 4.26. The maximum Gasteiger partial charge on any atom is 0.228 e. The number of hydrogen-bond acceptors (Lipinski definition) is 2. The fraction of sp³-hybridized carbons (Fsp3) is 0.111. The molecule has 0 bridgehead atoms. The van der Waals surface area contributed by atoms with Crippen molar-refractivity contribution in [3.05, 3.63) is 83.9 Å². The number of benzene rings is 2. The van der Waals surface area contributed by atoms with Crippen molar-refractivity contribution in [1.29, 1.82) is 0 Å². The molecular formula is C18H16FN3O. The van der Waals surface area contributed by atoms with Gasteiger partial charge in [-0.15, -0.1) is 0 Å². The minimum atomic E-state index is -0.272. The van der Waals surface area contributed by atoms with Crippen LogP contribution in [0.1, 0.15) is 11.1 Å². The van der Waals surface area contributed by atoms with Crippen LogP contribution in [0.3, 0.4) is 0 Å². The van der Waals surface area contributed by atoms with Gasteiger partial charge in [-0.3, -0.25) is 9.48 Å². The fourth-order valence-corrected chi connectivity index (χ4v) is 2.32. The lowest BCUT2D eigenvalue weighted by atomic mass is 10.1. The summed E-state index contributed by atoms with van der Waals surface area (Å²) in [5, 5.41) is 6.99. The monoisotopic (exact) mass is 309 g/mol. The average Bonchev–Trinajstić information content (AvgIpc) is 2.95. The van der Waals surface area contributed by atoms with Gasteiger partial charge in [-0.25, -0.2) is 4.39 Å². The van der Waals surface area contributed by atoms with Crippen molar-refractivity contribution in [2.45, 2.75) is 13.0 Å². The van der Waals surface area contributed by atoms with Crippen LogP contribution in [0.5, 0.6) is 0 Å². The van der Waals surface area contributed by atoms with E-state index in [4.69, 9.17) is 0 Å². The molecule has 116 valence electrons. The van der Waals surface area contributed by atoms with Gasteiger partial charge in [0, 0.05) is 6.20 Å². The van der Waals surface area contributed by atoms with E-state index in [9.17, 15) is 9.18 Å². The van der Waals surface area contributed by atoms with E-state index in [1.807, 2.05) is 36.4 Å². The van der Waals surface area contributed by atoms with Gasteiger partial charge >= 0.3 is 0 Å². The van der Waals surface area contributed by atoms with Crippen LogP contribution in [0, 0.1) is 5.82 Å². The number of carbonyl (C=O) groups excluding carboxylic acids is 1. The molecule has 1 N–H and O–H groups in total. The summed E-state index contributed by atoms with van der Waals surface area (Å²) in [6.07, 6.45) is 3.63. The number of halogens is 1. The van der Waals surface area contributed by atoms with E-state index in [-0.39, 0.29) is 11.7 Å². The number of anilines is 1. The predicted octanol–water partition coefficient (Wildman–Crippen LogP) is 3.25. The average molecular weight is 309 g/mol. The van der Waals surface area contributed by atoms with Gasteiger partial charge < -0.3 is 5.32 Å². The Hall–Kier alpha value is -2.95. The van der Waals surface area contributed by atoms with Crippen LogP contribution in [-0.2, 0) is 17.8 Å². The maximum atomic E-state index is 13.2. The summed E-state index contributed by atoms with van der Waals surface area (Å²) in [5.74, 6) is -0.368.